The lowest BCUT2D eigenvalue weighted by atomic mass is 9.93. The Kier molecular flexibility index (Phi) is 4.00. The van der Waals surface area contributed by atoms with Gasteiger partial charge >= 0.3 is 0 Å². The zero-order valence-electron chi connectivity index (χ0n) is 17.4. The number of nitrogens with zero attached hydrogens (tertiary/aromatic N) is 4. The van der Waals surface area contributed by atoms with Gasteiger partial charge in [0, 0.05) is 23.0 Å². The van der Waals surface area contributed by atoms with Gasteiger partial charge in [-0.1, -0.05) is 0 Å². The summed E-state index contributed by atoms with van der Waals surface area (Å²) >= 11 is 0. The molecule has 1 atom stereocenters. The van der Waals surface area contributed by atoms with E-state index in [1.165, 1.54) is 6.07 Å². The predicted octanol–water partition coefficient (Wildman–Crippen LogP) is 4.20. The Morgan fingerprint density at radius 1 is 1.03 bits per heavy atom. The van der Waals surface area contributed by atoms with Gasteiger partial charge in [0.05, 0.1) is 24.8 Å². The van der Waals surface area contributed by atoms with Crippen molar-refractivity contribution in [2.45, 2.75) is 32.6 Å². The van der Waals surface area contributed by atoms with Crippen LogP contribution in [0.5, 0.6) is 11.5 Å². The molecule has 0 amide bonds. The molecule has 31 heavy (non-hydrogen) atoms. The number of rotatable bonds is 1. The summed E-state index contributed by atoms with van der Waals surface area (Å²) < 4.78 is 28.9. The third-order valence-electron chi connectivity index (χ3n) is 6.55. The highest BCUT2D eigenvalue weighted by molar-refractivity contribution is 5.81. The van der Waals surface area contributed by atoms with Crippen LogP contribution in [0.2, 0.25) is 0 Å². The molecule has 0 saturated heterocycles. The van der Waals surface area contributed by atoms with Crippen molar-refractivity contribution in [2.24, 2.45) is 0 Å². The Morgan fingerprint density at radius 3 is 2.74 bits per heavy atom. The van der Waals surface area contributed by atoms with Crippen LogP contribution in [0.15, 0.2) is 36.8 Å². The van der Waals surface area contributed by atoms with Crippen LogP contribution in [0, 0.1) is 19.7 Å². The molecule has 3 aromatic heterocycles. The van der Waals surface area contributed by atoms with Gasteiger partial charge in [-0.05, 0) is 67.6 Å². The Balaban J connectivity index is 1.54. The highest BCUT2D eigenvalue weighted by atomic mass is 19.1. The number of pyridine rings is 2. The lowest BCUT2D eigenvalue weighted by Gasteiger charge is -2.17. The molecule has 1 aromatic carbocycles. The molecule has 7 heteroatoms. The van der Waals surface area contributed by atoms with Gasteiger partial charge in [0.1, 0.15) is 23.6 Å². The Bertz CT molecular complexity index is 1350. The molecule has 2 aliphatic rings. The first kappa shape index (κ1) is 18.3. The number of halogens is 1. The quantitative estimate of drug-likeness (QED) is 0.465. The molecule has 5 heterocycles. The van der Waals surface area contributed by atoms with Gasteiger partial charge in [0.2, 0.25) is 0 Å². The van der Waals surface area contributed by atoms with Crippen LogP contribution in [0.25, 0.3) is 16.8 Å². The van der Waals surface area contributed by atoms with Gasteiger partial charge in [-0.2, -0.15) is 0 Å². The monoisotopic (exact) mass is 416 g/mol. The maximum atomic E-state index is 14.8. The van der Waals surface area contributed by atoms with Crippen molar-refractivity contribution in [1.29, 1.82) is 0 Å². The van der Waals surface area contributed by atoms with E-state index in [-0.39, 0.29) is 11.7 Å². The lowest BCUT2D eigenvalue weighted by Crippen LogP contribution is -2.13. The van der Waals surface area contributed by atoms with Crippen LogP contribution in [0.3, 0.4) is 0 Å². The second-order valence-electron chi connectivity index (χ2n) is 8.22. The van der Waals surface area contributed by atoms with Crippen molar-refractivity contribution in [3.05, 3.63) is 70.7 Å². The summed E-state index contributed by atoms with van der Waals surface area (Å²) in [5.41, 5.74) is 7.46. The van der Waals surface area contributed by atoms with Crippen molar-refractivity contribution >= 4 is 5.65 Å². The first-order chi connectivity index (χ1) is 15.1. The first-order valence-corrected chi connectivity index (χ1v) is 10.5. The number of hydrogen-bond donors (Lipinski definition) is 0. The molecule has 4 aromatic rings. The second-order valence-corrected chi connectivity index (χ2v) is 8.22. The minimum Gasteiger partial charge on any atom is -0.493 e. The molecule has 0 N–H and O–H groups in total. The van der Waals surface area contributed by atoms with Crippen molar-refractivity contribution < 1.29 is 13.9 Å². The third kappa shape index (κ3) is 2.72. The van der Waals surface area contributed by atoms with Crippen molar-refractivity contribution in [1.82, 2.24) is 19.6 Å². The average molecular weight is 416 g/mol. The summed E-state index contributed by atoms with van der Waals surface area (Å²) in [7, 11) is 0. The van der Waals surface area contributed by atoms with Crippen molar-refractivity contribution in [2.75, 3.05) is 13.2 Å². The van der Waals surface area contributed by atoms with Gasteiger partial charge in [0.25, 0.3) is 0 Å². The van der Waals surface area contributed by atoms with Crippen molar-refractivity contribution in [3.8, 4) is 22.6 Å². The summed E-state index contributed by atoms with van der Waals surface area (Å²) in [4.78, 5) is 4.39. The molecular weight excluding hydrogens is 395 g/mol. The number of aryl methyl sites for hydroxylation is 2. The van der Waals surface area contributed by atoms with E-state index in [4.69, 9.17) is 9.47 Å². The Hall–Kier alpha value is -3.48. The van der Waals surface area contributed by atoms with E-state index in [0.717, 1.165) is 56.4 Å². The van der Waals surface area contributed by atoms with E-state index in [1.54, 1.807) is 12.4 Å². The van der Waals surface area contributed by atoms with Gasteiger partial charge in [-0.3, -0.25) is 9.38 Å². The second kappa shape index (κ2) is 6.77. The molecule has 0 unspecified atom stereocenters. The van der Waals surface area contributed by atoms with E-state index >= 15 is 0 Å². The fourth-order valence-corrected chi connectivity index (χ4v) is 4.80. The van der Waals surface area contributed by atoms with Crippen LogP contribution >= 0.6 is 0 Å². The fourth-order valence-electron chi connectivity index (χ4n) is 4.80. The highest BCUT2D eigenvalue weighted by Crippen LogP contribution is 2.41. The molecule has 6 rings (SSSR count). The molecule has 156 valence electrons. The van der Waals surface area contributed by atoms with Gasteiger partial charge in [0.15, 0.2) is 5.65 Å². The number of ether oxygens (including phenoxy) is 2. The molecule has 0 bridgehead atoms. The lowest BCUT2D eigenvalue weighted by molar-refractivity contribution is 0.246. The molecule has 0 radical (unpaired) electrons. The summed E-state index contributed by atoms with van der Waals surface area (Å²) in [6.45, 7) is 4.99. The van der Waals surface area contributed by atoms with E-state index in [2.05, 4.69) is 22.1 Å². The van der Waals surface area contributed by atoms with Crippen LogP contribution in [-0.4, -0.2) is 32.8 Å². The molecule has 0 spiro atoms. The molecular formula is C24H21FN4O2. The predicted molar refractivity (Wildman–Crippen MR) is 113 cm³/mol. The first-order valence-electron chi connectivity index (χ1n) is 10.5. The van der Waals surface area contributed by atoms with Crippen LogP contribution in [0.4, 0.5) is 4.39 Å². The number of aromatic nitrogens is 4. The van der Waals surface area contributed by atoms with Crippen LogP contribution < -0.4 is 9.47 Å². The number of benzene rings is 1. The van der Waals surface area contributed by atoms with Crippen LogP contribution in [-0.2, 0) is 12.8 Å². The van der Waals surface area contributed by atoms with E-state index in [0.29, 0.717) is 26.1 Å². The molecule has 0 saturated carbocycles. The van der Waals surface area contributed by atoms with Crippen molar-refractivity contribution in [3.63, 3.8) is 0 Å². The zero-order chi connectivity index (χ0) is 21.1. The number of fused-ring (bicyclic) bond motifs is 3. The molecule has 2 aliphatic heterocycles. The average Bonchev–Trinajstić information content (AvgIpc) is 3.41. The fraction of sp³-hybridized carbons (Fsp3) is 0.292. The standard InChI is InChI=1S/C24H21FN4O2/c1-13-14(2)26-8-7-16(13)18-9-22-20(29-12-27-28-24(18)29)5-3-17-19(25)4-6-21-23(17)15(10-30-21)11-31-22/h4,6-9,12,15H,3,5,10-11H2,1-2H3/t15-/m1/s1. The Morgan fingerprint density at radius 2 is 1.87 bits per heavy atom. The van der Waals surface area contributed by atoms with E-state index in [9.17, 15) is 4.39 Å². The normalized spacial score (nSPS) is 17.2. The summed E-state index contributed by atoms with van der Waals surface area (Å²) in [5.74, 6) is 1.38. The maximum Gasteiger partial charge on any atom is 0.168 e. The molecule has 0 fully saturated rings. The minimum absolute atomic E-state index is 0.0108. The summed E-state index contributed by atoms with van der Waals surface area (Å²) in [5, 5.41) is 8.57. The number of hydrogen-bond acceptors (Lipinski definition) is 5. The van der Waals surface area contributed by atoms with Crippen LogP contribution in [0.1, 0.15) is 34.0 Å². The van der Waals surface area contributed by atoms with Gasteiger partial charge in [-0.25, -0.2) is 4.39 Å². The largest absolute Gasteiger partial charge is 0.493 e. The molecule has 6 nitrogen and oxygen atoms in total. The minimum atomic E-state index is -0.183. The topological polar surface area (TPSA) is 61.5 Å². The van der Waals surface area contributed by atoms with E-state index < -0.39 is 0 Å². The highest BCUT2D eigenvalue weighted by Gasteiger charge is 2.31. The SMILES string of the molecule is Cc1nccc(-c2cc3c(n4cnnc24)CCc2c(F)ccc4c2[C@H](CO4)CO3)c1C. The third-order valence-corrected chi connectivity index (χ3v) is 6.55. The smallest absolute Gasteiger partial charge is 0.168 e. The van der Waals surface area contributed by atoms with Gasteiger partial charge in [-0.15, -0.1) is 10.2 Å². The summed E-state index contributed by atoms with van der Waals surface area (Å²) in [6.07, 6.45) is 4.69. The maximum absolute atomic E-state index is 14.8. The Labute approximate surface area is 178 Å². The zero-order valence-corrected chi connectivity index (χ0v) is 17.4. The van der Waals surface area contributed by atoms with E-state index in [1.807, 2.05) is 29.7 Å². The molecule has 0 aliphatic carbocycles. The summed E-state index contributed by atoms with van der Waals surface area (Å²) in [6, 6.07) is 7.27. The van der Waals surface area contributed by atoms with Gasteiger partial charge < -0.3 is 9.47 Å².